The fourth-order valence-electron chi connectivity index (χ4n) is 3.74. The van der Waals surface area contributed by atoms with E-state index >= 15 is 0 Å². The quantitative estimate of drug-likeness (QED) is 0.448. The van der Waals surface area contributed by atoms with Crippen LogP contribution in [0.1, 0.15) is 98.2 Å². The van der Waals surface area contributed by atoms with Crippen LogP contribution in [0, 0.1) is 11.8 Å². The van der Waals surface area contributed by atoms with Crippen molar-refractivity contribution in [3.8, 4) is 0 Å². The highest BCUT2D eigenvalue weighted by atomic mass is 16.4. The first kappa shape index (κ1) is 19.4. The van der Waals surface area contributed by atoms with E-state index in [1.807, 2.05) is 0 Å². The molecule has 0 aliphatic heterocycles. The molecule has 4 atom stereocenters. The van der Waals surface area contributed by atoms with Crippen molar-refractivity contribution in [3.63, 3.8) is 0 Å². The maximum atomic E-state index is 12.1. The first-order chi connectivity index (χ1) is 12.0. The number of carboxylic acids is 1. The number of carboxylic acid groups (broad SMARTS) is 1. The van der Waals surface area contributed by atoms with Crippen LogP contribution >= 0.6 is 0 Å². The molecule has 0 bridgehead atoms. The molecule has 1 aliphatic rings. The van der Waals surface area contributed by atoms with Gasteiger partial charge in [-0.2, -0.15) is 0 Å². The van der Waals surface area contributed by atoms with Gasteiger partial charge in [0, 0.05) is 13.7 Å². The van der Waals surface area contributed by atoms with E-state index in [0.29, 0.717) is 24.5 Å². The summed E-state index contributed by atoms with van der Waals surface area (Å²) in [6, 6.07) is 0. The van der Waals surface area contributed by atoms with Crippen molar-refractivity contribution in [2.24, 2.45) is 11.8 Å². The van der Waals surface area contributed by atoms with E-state index in [1.165, 1.54) is 12.8 Å². The van der Waals surface area contributed by atoms with Crippen LogP contribution in [0.3, 0.4) is 0 Å². The van der Waals surface area contributed by atoms with E-state index in [-0.39, 0.29) is 18.7 Å². The van der Waals surface area contributed by atoms with E-state index in [4.69, 9.17) is 6.48 Å². The average Bonchev–Trinajstić information content (AvgIpc) is 2.92. The Morgan fingerprint density at radius 2 is 1.92 bits per heavy atom. The Kier molecular flexibility index (Phi) is 10.1. The van der Waals surface area contributed by atoms with Gasteiger partial charge in [0.1, 0.15) is 5.78 Å². The Morgan fingerprint density at radius 1 is 1.17 bits per heavy atom. The van der Waals surface area contributed by atoms with Crippen LogP contribution < -0.4 is 0 Å². The van der Waals surface area contributed by atoms with Gasteiger partial charge in [-0.15, -0.1) is 0 Å². The van der Waals surface area contributed by atoms with Crippen LogP contribution in [0.25, 0.3) is 0 Å². The number of aliphatic hydroxyl groups is 1. The number of Topliss-reactive ketones (excluding diaryl/α,β-unsaturated/α-hetero) is 1. The minimum Gasteiger partial charge on any atom is -0.479 e. The number of aliphatic hydroxyl groups excluding tert-OH is 1. The second-order valence-electron chi connectivity index (χ2n) is 7.23. The number of unbranched alkanes of at least 4 members (excludes halogenated alkanes) is 4. The summed E-state index contributed by atoms with van der Waals surface area (Å²) in [5.41, 5.74) is 0. The molecule has 1 aliphatic carbocycles. The van der Waals surface area contributed by atoms with Crippen molar-refractivity contribution in [1.29, 1.82) is 0 Å². The van der Waals surface area contributed by atoms with Crippen LogP contribution in [-0.4, -0.2) is 28.1 Å². The molecule has 0 spiro atoms. The van der Waals surface area contributed by atoms with E-state index in [0.717, 1.165) is 51.4 Å². The standard InChI is InChI=1S/C20H36O4/c1-2-3-4-5-6-8-11-16-14-15-18(21)17(16)12-9-7-10-13-19(22)20(23)24/h16-17,19,22H,2-15H2,1H3,(H,23,24)/t16-,17+,19?/m0/s1/i6D/t6-,16+,17-,19?/m1. The van der Waals surface area contributed by atoms with Crippen molar-refractivity contribution in [2.45, 2.75) is 103 Å². The molecule has 0 saturated heterocycles. The minimum absolute atomic E-state index is 0.0143. The fraction of sp³-hybridized carbons (Fsp3) is 0.900. The smallest absolute Gasteiger partial charge is 0.332 e. The van der Waals surface area contributed by atoms with E-state index in [9.17, 15) is 14.7 Å². The summed E-state index contributed by atoms with van der Waals surface area (Å²) >= 11 is 0. The minimum atomic E-state index is -1.26. The van der Waals surface area contributed by atoms with Crippen LogP contribution in [0.15, 0.2) is 0 Å². The molecule has 0 aromatic rings. The molecule has 0 aromatic heterocycles. The molecule has 24 heavy (non-hydrogen) atoms. The molecular formula is C20H36O4. The Labute approximate surface area is 148 Å². The van der Waals surface area contributed by atoms with Crippen LogP contribution in [0.4, 0.5) is 0 Å². The zero-order valence-electron chi connectivity index (χ0n) is 16.2. The second kappa shape index (κ2) is 12.5. The molecule has 0 aromatic carbocycles. The second-order valence-corrected chi connectivity index (χ2v) is 7.23. The summed E-state index contributed by atoms with van der Waals surface area (Å²) in [5.74, 6) is -0.193. The fourth-order valence-corrected chi connectivity index (χ4v) is 3.74. The molecule has 1 rings (SSSR count). The predicted octanol–water partition coefficient (Wildman–Crippen LogP) is 4.73. The van der Waals surface area contributed by atoms with Crippen molar-refractivity contribution >= 4 is 11.8 Å². The third kappa shape index (κ3) is 8.27. The monoisotopic (exact) mass is 341 g/mol. The molecule has 1 unspecified atom stereocenters. The first-order valence-electron chi connectivity index (χ1n) is 10.4. The molecule has 1 fully saturated rings. The van der Waals surface area contributed by atoms with Gasteiger partial charge in [-0.1, -0.05) is 64.7 Å². The lowest BCUT2D eigenvalue weighted by Gasteiger charge is -2.18. The number of rotatable bonds is 14. The summed E-state index contributed by atoms with van der Waals surface area (Å²) in [5, 5.41) is 17.9. The Balaban J connectivity index is 2.22. The van der Waals surface area contributed by atoms with E-state index in [1.54, 1.807) is 0 Å². The van der Waals surface area contributed by atoms with Crippen LogP contribution in [0.2, 0.25) is 0 Å². The van der Waals surface area contributed by atoms with Crippen molar-refractivity contribution in [3.05, 3.63) is 0 Å². The summed E-state index contributed by atoms with van der Waals surface area (Å²) in [7, 11) is 0. The largest absolute Gasteiger partial charge is 0.479 e. The number of carbonyl (C=O) groups is 2. The summed E-state index contributed by atoms with van der Waals surface area (Å²) < 4.78 is 8.14. The topological polar surface area (TPSA) is 74.6 Å². The van der Waals surface area contributed by atoms with Gasteiger partial charge in [-0.3, -0.25) is 4.79 Å². The molecule has 2 N–H and O–H groups in total. The highest BCUT2D eigenvalue weighted by Gasteiger charge is 2.33. The molecule has 1 saturated carbocycles. The highest BCUT2D eigenvalue weighted by molar-refractivity contribution is 5.83. The average molecular weight is 342 g/mol. The lowest BCUT2D eigenvalue weighted by molar-refractivity contribution is -0.146. The Morgan fingerprint density at radius 3 is 2.62 bits per heavy atom. The molecule has 4 nitrogen and oxygen atoms in total. The third-order valence-electron chi connectivity index (χ3n) is 5.28. The number of carbonyl (C=O) groups excluding carboxylic acids is 1. The maximum absolute atomic E-state index is 12.1. The number of hydrogen-bond acceptors (Lipinski definition) is 3. The van der Waals surface area contributed by atoms with Crippen molar-refractivity contribution < 1.29 is 21.2 Å². The number of aliphatic carboxylic acids is 1. The van der Waals surface area contributed by atoms with Gasteiger partial charge in [-0.05, 0) is 31.6 Å². The van der Waals surface area contributed by atoms with Gasteiger partial charge in [0.25, 0.3) is 0 Å². The number of ketones is 1. The Bertz CT molecular complexity index is 399. The summed E-state index contributed by atoms with van der Waals surface area (Å²) in [6.45, 7) is 2.18. The van der Waals surface area contributed by atoms with Crippen LogP contribution in [-0.2, 0) is 9.59 Å². The SMILES string of the molecule is [2H][C@H](CCCCC)CC[C@H]1CCC(=O)[C@@H]1CCCCCC(O)C(=O)O. The van der Waals surface area contributed by atoms with Gasteiger partial charge in [0.15, 0.2) is 6.10 Å². The molecular weight excluding hydrogens is 304 g/mol. The predicted molar refractivity (Wildman–Crippen MR) is 95.9 cm³/mol. The maximum Gasteiger partial charge on any atom is 0.332 e. The molecule has 0 amide bonds. The third-order valence-corrected chi connectivity index (χ3v) is 5.28. The zero-order chi connectivity index (χ0) is 18.7. The Hall–Kier alpha value is -0.900. The molecule has 0 radical (unpaired) electrons. The zero-order valence-corrected chi connectivity index (χ0v) is 15.2. The van der Waals surface area contributed by atoms with E-state index < -0.39 is 12.1 Å². The van der Waals surface area contributed by atoms with Gasteiger partial charge in [0.05, 0.1) is 0 Å². The first-order valence-corrected chi connectivity index (χ1v) is 9.81. The van der Waals surface area contributed by atoms with E-state index in [2.05, 4.69) is 6.92 Å². The molecule has 0 heterocycles. The normalized spacial score (nSPS) is 23.9. The van der Waals surface area contributed by atoms with Crippen LogP contribution in [0.5, 0.6) is 0 Å². The van der Waals surface area contributed by atoms with Gasteiger partial charge < -0.3 is 10.2 Å². The highest BCUT2D eigenvalue weighted by Crippen LogP contribution is 2.36. The lowest BCUT2D eigenvalue weighted by Crippen LogP contribution is -2.19. The van der Waals surface area contributed by atoms with Gasteiger partial charge in [-0.25, -0.2) is 4.79 Å². The lowest BCUT2D eigenvalue weighted by atomic mass is 9.86. The number of hydrogen-bond donors (Lipinski definition) is 2. The molecule has 140 valence electrons. The summed E-state index contributed by atoms with van der Waals surface area (Å²) in [4.78, 5) is 22.7. The summed E-state index contributed by atoms with van der Waals surface area (Å²) in [6.07, 6.45) is 10.5. The van der Waals surface area contributed by atoms with Gasteiger partial charge >= 0.3 is 5.97 Å². The molecule has 4 heteroatoms. The van der Waals surface area contributed by atoms with Crippen molar-refractivity contribution in [2.75, 3.05) is 0 Å². The van der Waals surface area contributed by atoms with Crippen molar-refractivity contribution in [1.82, 2.24) is 0 Å². The van der Waals surface area contributed by atoms with Gasteiger partial charge in [0.2, 0.25) is 0 Å².